The summed E-state index contributed by atoms with van der Waals surface area (Å²) in [5.74, 6) is -0.758. The molecule has 0 spiro atoms. The number of rotatable bonds is 8. The van der Waals surface area contributed by atoms with Crippen LogP contribution in [0.15, 0.2) is 30.3 Å². The van der Waals surface area contributed by atoms with Crippen LogP contribution in [0, 0.1) is 0 Å². The molecule has 4 heteroatoms. The predicted octanol–water partition coefficient (Wildman–Crippen LogP) is 5.76. The van der Waals surface area contributed by atoms with Crippen LogP contribution in [-0.4, -0.2) is 19.5 Å². The quantitative estimate of drug-likeness (QED) is 0.259. The van der Waals surface area contributed by atoms with E-state index in [4.69, 9.17) is 19.6 Å². The summed E-state index contributed by atoms with van der Waals surface area (Å²) in [4.78, 5) is 21.9. The van der Waals surface area contributed by atoms with Gasteiger partial charge in [0.15, 0.2) is 0 Å². The Kier molecular flexibility index (Phi) is 10.1. The summed E-state index contributed by atoms with van der Waals surface area (Å²) < 4.78 is 0. The van der Waals surface area contributed by atoms with E-state index in [2.05, 4.69) is 24.3 Å². The molecule has 0 N–H and O–H groups in total. The van der Waals surface area contributed by atoms with Gasteiger partial charge in [0.1, 0.15) is 0 Å². The van der Waals surface area contributed by atoms with Gasteiger partial charge in [0.05, 0.1) is 13.7 Å². The molecule has 1 fully saturated rings. The third kappa shape index (κ3) is 8.32. The first-order valence-electron chi connectivity index (χ1n) is 9.91. The molecule has 0 atom stereocenters. The van der Waals surface area contributed by atoms with Crippen molar-refractivity contribution in [2.45, 2.75) is 82.8 Å². The lowest BCUT2D eigenvalue weighted by Gasteiger charge is -2.30. The largest absolute Gasteiger partial charge is 0.237 e. The smallest absolute Gasteiger partial charge is 0.233 e. The van der Waals surface area contributed by atoms with Crippen molar-refractivity contribution in [3.63, 3.8) is 0 Å². The number of hydrogen-bond donors (Lipinski definition) is 0. The van der Waals surface area contributed by atoms with Crippen molar-refractivity contribution in [1.82, 2.24) is 0 Å². The first kappa shape index (κ1) is 20.4. The molecular formula is C21H34O4. The lowest BCUT2D eigenvalue weighted by atomic mass is 10.0. The molecule has 1 aromatic rings. The van der Waals surface area contributed by atoms with E-state index in [-0.39, 0.29) is 0 Å². The molecule has 0 saturated heterocycles. The van der Waals surface area contributed by atoms with E-state index >= 15 is 0 Å². The standard InChI is InChI=1S/C21H34O4/c1-22-24-21(17-11-6-4-2-3-5-7-12-18-21)25-23-19-13-16-20-14-9-8-10-15-20/h8-10,14-15H,2-7,11-13,16-19H2,1H3. The molecule has 1 aliphatic carbocycles. The monoisotopic (exact) mass is 350 g/mol. The average Bonchev–Trinajstić information content (AvgIpc) is 2.68. The Labute approximate surface area is 152 Å². The van der Waals surface area contributed by atoms with Gasteiger partial charge in [-0.05, 0) is 31.2 Å². The van der Waals surface area contributed by atoms with Gasteiger partial charge in [-0.15, -0.1) is 0 Å². The van der Waals surface area contributed by atoms with Crippen LogP contribution < -0.4 is 0 Å². The zero-order chi connectivity index (χ0) is 17.6. The Hall–Kier alpha value is -0.940. The molecule has 0 bridgehead atoms. The molecule has 0 radical (unpaired) electrons. The third-order valence-corrected chi connectivity index (χ3v) is 4.85. The fraction of sp³-hybridized carbons (Fsp3) is 0.714. The summed E-state index contributed by atoms with van der Waals surface area (Å²) in [6.07, 6.45) is 13.4. The highest BCUT2D eigenvalue weighted by Gasteiger charge is 2.34. The van der Waals surface area contributed by atoms with Crippen LogP contribution in [0.5, 0.6) is 0 Å². The van der Waals surface area contributed by atoms with Crippen molar-refractivity contribution in [2.75, 3.05) is 13.7 Å². The first-order chi connectivity index (χ1) is 12.3. The second-order valence-corrected chi connectivity index (χ2v) is 6.98. The summed E-state index contributed by atoms with van der Waals surface area (Å²) in [6, 6.07) is 10.4. The van der Waals surface area contributed by atoms with Crippen LogP contribution in [0.3, 0.4) is 0 Å². The Morgan fingerprint density at radius 2 is 1.40 bits per heavy atom. The average molecular weight is 350 g/mol. The van der Waals surface area contributed by atoms with E-state index in [0.29, 0.717) is 6.61 Å². The highest BCUT2D eigenvalue weighted by Crippen LogP contribution is 2.30. The third-order valence-electron chi connectivity index (χ3n) is 4.85. The SMILES string of the molecule is COOC1(OOCCCc2ccccc2)CCCCCCCCCC1. The molecule has 25 heavy (non-hydrogen) atoms. The van der Waals surface area contributed by atoms with Gasteiger partial charge in [0.2, 0.25) is 5.79 Å². The van der Waals surface area contributed by atoms with Crippen molar-refractivity contribution < 1.29 is 19.6 Å². The molecule has 1 aliphatic rings. The number of aryl methyl sites for hydroxylation is 1. The molecule has 1 saturated carbocycles. The molecule has 0 heterocycles. The van der Waals surface area contributed by atoms with Crippen LogP contribution in [0.1, 0.15) is 76.2 Å². The number of benzene rings is 1. The van der Waals surface area contributed by atoms with Gasteiger partial charge in [-0.1, -0.05) is 68.9 Å². The van der Waals surface area contributed by atoms with Crippen molar-refractivity contribution in [2.24, 2.45) is 0 Å². The van der Waals surface area contributed by atoms with Crippen LogP contribution in [-0.2, 0) is 26.0 Å². The van der Waals surface area contributed by atoms with Crippen molar-refractivity contribution in [3.8, 4) is 0 Å². The maximum absolute atomic E-state index is 5.77. The van der Waals surface area contributed by atoms with E-state index < -0.39 is 5.79 Å². The molecule has 0 amide bonds. The first-order valence-corrected chi connectivity index (χ1v) is 9.91. The van der Waals surface area contributed by atoms with E-state index in [1.54, 1.807) is 7.11 Å². The maximum Gasteiger partial charge on any atom is 0.233 e. The van der Waals surface area contributed by atoms with Gasteiger partial charge in [0.25, 0.3) is 0 Å². The van der Waals surface area contributed by atoms with E-state index in [0.717, 1.165) is 38.5 Å². The molecule has 0 unspecified atom stereocenters. The van der Waals surface area contributed by atoms with Gasteiger partial charge in [-0.25, -0.2) is 9.78 Å². The summed E-state index contributed by atoms with van der Waals surface area (Å²) in [5.41, 5.74) is 1.32. The number of hydrogen-bond acceptors (Lipinski definition) is 4. The Morgan fingerprint density at radius 3 is 2.00 bits per heavy atom. The highest BCUT2D eigenvalue weighted by molar-refractivity contribution is 5.14. The molecule has 0 aliphatic heterocycles. The summed E-state index contributed by atoms with van der Waals surface area (Å²) in [7, 11) is 1.55. The predicted molar refractivity (Wildman–Crippen MR) is 98.8 cm³/mol. The highest BCUT2D eigenvalue weighted by atomic mass is 17.3. The van der Waals surface area contributed by atoms with Gasteiger partial charge < -0.3 is 0 Å². The molecule has 0 aromatic heterocycles. The fourth-order valence-corrected chi connectivity index (χ4v) is 3.44. The van der Waals surface area contributed by atoms with Crippen LogP contribution in [0.25, 0.3) is 0 Å². The van der Waals surface area contributed by atoms with E-state index in [1.807, 2.05) is 6.07 Å². The van der Waals surface area contributed by atoms with Gasteiger partial charge >= 0.3 is 0 Å². The van der Waals surface area contributed by atoms with Gasteiger partial charge in [-0.3, -0.25) is 0 Å². The second-order valence-electron chi connectivity index (χ2n) is 6.98. The molecule has 2 rings (SSSR count). The summed E-state index contributed by atoms with van der Waals surface area (Å²) in [5, 5.41) is 0. The van der Waals surface area contributed by atoms with E-state index in [9.17, 15) is 0 Å². The lowest BCUT2D eigenvalue weighted by molar-refractivity contribution is -0.509. The molecule has 142 valence electrons. The fourth-order valence-electron chi connectivity index (χ4n) is 3.44. The van der Waals surface area contributed by atoms with Crippen molar-refractivity contribution >= 4 is 0 Å². The summed E-state index contributed by atoms with van der Waals surface area (Å²) in [6.45, 7) is 0.559. The van der Waals surface area contributed by atoms with Gasteiger partial charge in [0, 0.05) is 12.8 Å². The Bertz CT molecular complexity index is 423. The van der Waals surface area contributed by atoms with Crippen LogP contribution in [0.2, 0.25) is 0 Å². The van der Waals surface area contributed by atoms with E-state index in [1.165, 1.54) is 44.1 Å². The normalized spacial score (nSPS) is 19.2. The summed E-state index contributed by atoms with van der Waals surface area (Å²) >= 11 is 0. The second kappa shape index (κ2) is 12.4. The topological polar surface area (TPSA) is 36.9 Å². The zero-order valence-corrected chi connectivity index (χ0v) is 15.7. The minimum atomic E-state index is -0.758. The van der Waals surface area contributed by atoms with Crippen LogP contribution in [0.4, 0.5) is 0 Å². The zero-order valence-electron chi connectivity index (χ0n) is 15.7. The van der Waals surface area contributed by atoms with Crippen molar-refractivity contribution in [3.05, 3.63) is 35.9 Å². The molecule has 4 nitrogen and oxygen atoms in total. The maximum atomic E-state index is 5.77. The van der Waals surface area contributed by atoms with Crippen molar-refractivity contribution in [1.29, 1.82) is 0 Å². The Balaban J connectivity index is 1.77. The minimum absolute atomic E-state index is 0.559. The minimum Gasteiger partial charge on any atom is -0.237 e. The molecular weight excluding hydrogens is 316 g/mol. The van der Waals surface area contributed by atoms with Crippen LogP contribution >= 0.6 is 0 Å². The van der Waals surface area contributed by atoms with Gasteiger partial charge in [-0.2, -0.15) is 9.78 Å². The lowest BCUT2D eigenvalue weighted by Crippen LogP contribution is -2.36. The Morgan fingerprint density at radius 1 is 0.800 bits per heavy atom. The molecule has 1 aromatic carbocycles.